The number of aryl methyl sites for hydroxylation is 1. The van der Waals surface area contributed by atoms with Gasteiger partial charge in [-0.2, -0.15) is 5.10 Å². The Morgan fingerprint density at radius 1 is 1.13 bits per heavy atom. The van der Waals surface area contributed by atoms with Crippen molar-refractivity contribution in [3.8, 4) is 0 Å². The van der Waals surface area contributed by atoms with Crippen molar-refractivity contribution in [1.82, 2.24) is 15.2 Å². The fourth-order valence-corrected chi connectivity index (χ4v) is 1.73. The van der Waals surface area contributed by atoms with E-state index >= 15 is 0 Å². The van der Waals surface area contributed by atoms with Crippen LogP contribution in [0.15, 0.2) is 5.16 Å². The number of sulfone groups is 1. The Morgan fingerprint density at radius 2 is 1.67 bits per heavy atom. The Kier molecular flexibility index (Phi) is 2.82. The molecule has 6 heteroatoms. The van der Waals surface area contributed by atoms with E-state index in [2.05, 4.69) is 15.2 Å². The third-order valence-electron chi connectivity index (χ3n) is 1.88. The van der Waals surface area contributed by atoms with E-state index in [-0.39, 0.29) is 10.6 Å². The van der Waals surface area contributed by atoms with Gasteiger partial charge in [-0.15, -0.1) is 5.10 Å². The Balaban J connectivity index is 3.34. The lowest BCUT2D eigenvalue weighted by Crippen LogP contribution is -2.19. The molecule has 84 valence electrons. The molecule has 0 fully saturated rings. The predicted molar refractivity (Wildman–Crippen MR) is 56.4 cm³/mol. The van der Waals surface area contributed by atoms with Crippen molar-refractivity contribution in [2.24, 2.45) is 0 Å². The zero-order chi connectivity index (χ0) is 11.9. The Labute approximate surface area is 89.9 Å². The fraction of sp³-hybridized carbons (Fsp3) is 0.667. The minimum atomic E-state index is -3.37. The van der Waals surface area contributed by atoms with Gasteiger partial charge in [-0.3, -0.25) is 0 Å². The van der Waals surface area contributed by atoms with E-state index in [0.717, 1.165) is 11.9 Å². The van der Waals surface area contributed by atoms with Crippen LogP contribution in [0.5, 0.6) is 0 Å². The third-order valence-corrected chi connectivity index (χ3v) is 2.72. The molecule has 1 aromatic rings. The van der Waals surface area contributed by atoms with Gasteiger partial charge in [-0.25, -0.2) is 13.4 Å². The van der Waals surface area contributed by atoms with Gasteiger partial charge in [0.2, 0.25) is 9.84 Å². The van der Waals surface area contributed by atoms with E-state index in [0.29, 0.717) is 5.69 Å². The highest BCUT2D eigenvalue weighted by Gasteiger charge is 2.22. The van der Waals surface area contributed by atoms with E-state index in [1.54, 1.807) is 6.92 Å². The normalized spacial score (nSPS) is 12.9. The average molecular weight is 229 g/mol. The summed E-state index contributed by atoms with van der Waals surface area (Å²) in [7, 11) is -3.37. The van der Waals surface area contributed by atoms with Gasteiger partial charge >= 0.3 is 0 Å². The summed E-state index contributed by atoms with van der Waals surface area (Å²) in [4.78, 5) is 3.95. The van der Waals surface area contributed by atoms with Crippen LogP contribution in [-0.2, 0) is 15.3 Å². The monoisotopic (exact) mass is 229 g/mol. The molecule has 0 saturated carbocycles. The van der Waals surface area contributed by atoms with E-state index in [4.69, 9.17) is 0 Å². The fourth-order valence-electron chi connectivity index (χ4n) is 1.23. The summed E-state index contributed by atoms with van der Waals surface area (Å²) in [6, 6.07) is 0. The lowest BCUT2D eigenvalue weighted by molar-refractivity contribution is 0.530. The molecule has 0 aromatic carbocycles. The minimum Gasteiger partial charge on any atom is -0.221 e. The predicted octanol–water partition coefficient (Wildman–Crippen LogP) is 0.881. The molecule has 0 unspecified atom stereocenters. The summed E-state index contributed by atoms with van der Waals surface area (Å²) >= 11 is 0. The highest BCUT2D eigenvalue weighted by Crippen LogP contribution is 2.21. The van der Waals surface area contributed by atoms with Gasteiger partial charge in [0.1, 0.15) is 0 Å². The van der Waals surface area contributed by atoms with Gasteiger partial charge in [0.05, 0.1) is 11.4 Å². The Bertz CT molecular complexity index is 475. The topological polar surface area (TPSA) is 72.8 Å². The summed E-state index contributed by atoms with van der Waals surface area (Å²) in [5.74, 6) is 0. The standard InChI is InChI=1S/C9H15N3O2S/c1-6-7(9(2,3)4)11-12-8(10-6)15(5,13)14/h1-5H3. The van der Waals surface area contributed by atoms with Crippen LogP contribution >= 0.6 is 0 Å². The first-order valence-electron chi connectivity index (χ1n) is 4.54. The molecule has 0 radical (unpaired) electrons. The molecule has 5 nitrogen and oxygen atoms in total. The SMILES string of the molecule is Cc1nc(S(C)(=O)=O)nnc1C(C)(C)C. The van der Waals surface area contributed by atoms with Crippen LogP contribution in [0.3, 0.4) is 0 Å². The summed E-state index contributed by atoms with van der Waals surface area (Å²) < 4.78 is 22.4. The second-order valence-corrected chi connectivity index (χ2v) is 6.46. The van der Waals surface area contributed by atoms with E-state index in [1.807, 2.05) is 20.8 Å². The third kappa shape index (κ3) is 2.71. The van der Waals surface area contributed by atoms with Crippen molar-refractivity contribution in [3.05, 3.63) is 11.4 Å². The number of hydrogen-bond acceptors (Lipinski definition) is 5. The van der Waals surface area contributed by atoms with Crippen molar-refractivity contribution < 1.29 is 8.42 Å². The molecule has 1 rings (SSSR count). The first-order valence-corrected chi connectivity index (χ1v) is 6.43. The van der Waals surface area contributed by atoms with Crippen molar-refractivity contribution in [2.45, 2.75) is 38.3 Å². The molecule has 0 N–H and O–H groups in total. The van der Waals surface area contributed by atoms with Crippen LogP contribution in [0, 0.1) is 6.92 Å². The Morgan fingerprint density at radius 3 is 2.00 bits per heavy atom. The van der Waals surface area contributed by atoms with Crippen LogP contribution in [-0.4, -0.2) is 29.9 Å². The first kappa shape index (κ1) is 12.0. The maximum atomic E-state index is 11.2. The molecule has 0 spiro atoms. The number of rotatable bonds is 1. The second-order valence-electron chi connectivity index (χ2n) is 4.55. The highest BCUT2D eigenvalue weighted by molar-refractivity contribution is 7.90. The molecule has 0 amide bonds. The van der Waals surface area contributed by atoms with Crippen molar-refractivity contribution >= 4 is 9.84 Å². The first-order chi connectivity index (χ1) is 6.62. The average Bonchev–Trinajstić information content (AvgIpc) is 1.99. The molecule has 0 aliphatic rings. The summed E-state index contributed by atoms with van der Waals surface area (Å²) in [5, 5.41) is 7.34. The maximum absolute atomic E-state index is 11.2. The summed E-state index contributed by atoms with van der Waals surface area (Å²) in [6.07, 6.45) is 1.07. The van der Waals surface area contributed by atoms with Crippen LogP contribution < -0.4 is 0 Å². The lowest BCUT2D eigenvalue weighted by atomic mass is 9.91. The molecule has 15 heavy (non-hydrogen) atoms. The molecule has 1 heterocycles. The zero-order valence-corrected chi connectivity index (χ0v) is 10.4. The van der Waals surface area contributed by atoms with Crippen LogP contribution in [0.25, 0.3) is 0 Å². The van der Waals surface area contributed by atoms with Gasteiger partial charge in [0, 0.05) is 11.7 Å². The second kappa shape index (κ2) is 3.52. The van der Waals surface area contributed by atoms with Gasteiger partial charge in [0.25, 0.3) is 5.16 Å². The van der Waals surface area contributed by atoms with Gasteiger partial charge in [-0.05, 0) is 6.92 Å². The van der Waals surface area contributed by atoms with Crippen LogP contribution in [0.2, 0.25) is 0 Å². The molecule has 0 aliphatic carbocycles. The number of aromatic nitrogens is 3. The van der Waals surface area contributed by atoms with Crippen molar-refractivity contribution in [2.75, 3.05) is 6.26 Å². The number of hydrogen-bond donors (Lipinski definition) is 0. The molecule has 0 aliphatic heterocycles. The molecule has 0 saturated heterocycles. The zero-order valence-electron chi connectivity index (χ0n) is 9.57. The Hall–Kier alpha value is -1.04. The lowest BCUT2D eigenvalue weighted by Gasteiger charge is -2.18. The maximum Gasteiger partial charge on any atom is 0.267 e. The molecular weight excluding hydrogens is 214 g/mol. The molecule has 0 atom stereocenters. The van der Waals surface area contributed by atoms with E-state index in [1.165, 1.54) is 0 Å². The minimum absolute atomic E-state index is 0.180. The summed E-state index contributed by atoms with van der Waals surface area (Å²) in [6.45, 7) is 7.67. The molecular formula is C9H15N3O2S. The largest absolute Gasteiger partial charge is 0.267 e. The molecule has 1 aromatic heterocycles. The van der Waals surface area contributed by atoms with Crippen LogP contribution in [0.4, 0.5) is 0 Å². The number of nitrogens with zero attached hydrogens (tertiary/aromatic N) is 3. The van der Waals surface area contributed by atoms with Crippen molar-refractivity contribution in [1.29, 1.82) is 0 Å². The van der Waals surface area contributed by atoms with Crippen LogP contribution in [0.1, 0.15) is 32.2 Å². The molecule has 0 bridgehead atoms. The summed E-state index contributed by atoms with van der Waals surface area (Å²) in [5.41, 5.74) is 1.15. The van der Waals surface area contributed by atoms with Gasteiger partial charge in [0.15, 0.2) is 0 Å². The smallest absolute Gasteiger partial charge is 0.221 e. The van der Waals surface area contributed by atoms with Gasteiger partial charge < -0.3 is 0 Å². The quantitative estimate of drug-likeness (QED) is 0.714. The van der Waals surface area contributed by atoms with Crippen molar-refractivity contribution in [3.63, 3.8) is 0 Å². The highest BCUT2D eigenvalue weighted by atomic mass is 32.2. The van der Waals surface area contributed by atoms with E-state index < -0.39 is 9.84 Å². The van der Waals surface area contributed by atoms with Gasteiger partial charge in [-0.1, -0.05) is 20.8 Å². The van der Waals surface area contributed by atoms with E-state index in [9.17, 15) is 8.42 Å².